The average molecular weight is 252 g/mol. The molecule has 0 aromatic heterocycles. The third kappa shape index (κ3) is 4.90. The molecule has 0 nitrogen and oxygen atoms in total. The Hall–Kier alpha value is -1.56. The molecule has 0 aliphatic carbocycles. The molecule has 100 valence electrons. The van der Waals surface area contributed by atoms with E-state index in [4.69, 9.17) is 0 Å². The fraction of sp³-hybridized carbons (Fsp3) is 0.368. The second kappa shape index (κ2) is 7.78. The quantitative estimate of drug-likeness (QED) is 0.594. The zero-order valence-electron chi connectivity index (χ0n) is 11.9. The van der Waals surface area contributed by atoms with Crippen molar-refractivity contribution in [3.05, 3.63) is 71.3 Å². The van der Waals surface area contributed by atoms with Crippen molar-refractivity contribution in [1.29, 1.82) is 0 Å². The average Bonchev–Trinajstić information content (AvgIpc) is 2.46. The van der Waals surface area contributed by atoms with Crippen LogP contribution in [0.2, 0.25) is 0 Å². The molecule has 19 heavy (non-hydrogen) atoms. The van der Waals surface area contributed by atoms with Crippen LogP contribution < -0.4 is 0 Å². The van der Waals surface area contributed by atoms with Crippen molar-refractivity contribution in [3.63, 3.8) is 0 Å². The predicted molar refractivity (Wildman–Crippen MR) is 83.5 cm³/mol. The summed E-state index contributed by atoms with van der Waals surface area (Å²) >= 11 is 0. The Morgan fingerprint density at radius 3 is 1.89 bits per heavy atom. The van der Waals surface area contributed by atoms with Crippen molar-refractivity contribution in [2.24, 2.45) is 0 Å². The van der Waals surface area contributed by atoms with Gasteiger partial charge in [0.1, 0.15) is 0 Å². The number of hydrogen-bond donors (Lipinski definition) is 0. The lowest BCUT2D eigenvalue weighted by Gasteiger charge is -2.05. The summed E-state index contributed by atoms with van der Waals surface area (Å²) in [4.78, 5) is 0. The molecule has 0 saturated carbocycles. The van der Waals surface area contributed by atoms with Gasteiger partial charge in [-0.15, -0.1) is 0 Å². The summed E-state index contributed by atoms with van der Waals surface area (Å²) in [6, 6.07) is 19.9. The topological polar surface area (TPSA) is 0 Å². The molecule has 2 aromatic rings. The third-order valence-electron chi connectivity index (χ3n) is 3.55. The minimum Gasteiger partial charge on any atom is -0.0651 e. The van der Waals surface area contributed by atoms with Crippen LogP contribution in [-0.4, -0.2) is 0 Å². The Morgan fingerprint density at radius 2 is 1.21 bits per heavy atom. The molecule has 0 N–H and O–H groups in total. The third-order valence-corrected chi connectivity index (χ3v) is 3.55. The van der Waals surface area contributed by atoms with Crippen LogP contribution in [0.1, 0.15) is 42.9 Å². The summed E-state index contributed by atoms with van der Waals surface area (Å²) in [7, 11) is 0. The highest BCUT2D eigenvalue weighted by atomic mass is 14.0. The minimum absolute atomic E-state index is 1.20. The van der Waals surface area contributed by atoms with Gasteiger partial charge < -0.3 is 0 Å². The van der Waals surface area contributed by atoms with Gasteiger partial charge in [0.25, 0.3) is 0 Å². The Balaban J connectivity index is 1.75. The van der Waals surface area contributed by atoms with Gasteiger partial charge in [0.05, 0.1) is 0 Å². The monoisotopic (exact) mass is 252 g/mol. The number of unbranched alkanes of at least 4 members (excludes halogenated alkanes) is 1. The zero-order valence-corrected chi connectivity index (χ0v) is 11.9. The van der Waals surface area contributed by atoms with Crippen LogP contribution >= 0.6 is 0 Å². The van der Waals surface area contributed by atoms with E-state index in [2.05, 4.69) is 61.5 Å². The van der Waals surface area contributed by atoms with Crippen LogP contribution in [0, 0.1) is 0 Å². The van der Waals surface area contributed by atoms with Gasteiger partial charge in [-0.1, -0.05) is 67.9 Å². The van der Waals surface area contributed by atoms with Gasteiger partial charge >= 0.3 is 0 Å². The van der Waals surface area contributed by atoms with Crippen LogP contribution in [0.4, 0.5) is 0 Å². The first kappa shape index (κ1) is 13.9. The van der Waals surface area contributed by atoms with Crippen molar-refractivity contribution in [2.45, 2.75) is 45.4 Å². The molecule has 0 bridgehead atoms. The molecule has 0 aliphatic heterocycles. The zero-order chi connectivity index (χ0) is 13.3. The summed E-state index contributed by atoms with van der Waals surface area (Å²) in [5.41, 5.74) is 4.45. The van der Waals surface area contributed by atoms with E-state index in [1.54, 1.807) is 0 Å². The highest BCUT2D eigenvalue weighted by molar-refractivity contribution is 5.23. The lowest BCUT2D eigenvalue weighted by molar-refractivity contribution is 0.733. The molecule has 0 aliphatic rings. The number of aryl methyl sites for hydroxylation is 3. The van der Waals surface area contributed by atoms with Crippen LogP contribution in [0.15, 0.2) is 54.6 Å². The molecule has 0 heterocycles. The first-order chi connectivity index (χ1) is 9.38. The Labute approximate surface area is 117 Å². The second-order valence-electron chi connectivity index (χ2n) is 5.26. The Morgan fingerprint density at radius 1 is 0.632 bits per heavy atom. The molecule has 2 rings (SSSR count). The predicted octanol–water partition coefficient (Wildman–Crippen LogP) is 5.20. The Bertz CT molecular complexity index is 470. The molecule has 0 saturated heterocycles. The standard InChI is InChI=1S/C19H24/c1-2-9-18-14-8-15-19(16-18)13-7-6-12-17-10-4-3-5-11-17/h3-5,8,10-11,14-16H,2,6-7,9,12-13H2,1H3. The van der Waals surface area contributed by atoms with E-state index in [-0.39, 0.29) is 0 Å². The molecule has 0 heteroatoms. The van der Waals surface area contributed by atoms with Crippen LogP contribution in [0.3, 0.4) is 0 Å². The summed E-state index contributed by atoms with van der Waals surface area (Å²) in [6.45, 7) is 2.24. The van der Waals surface area contributed by atoms with Gasteiger partial charge in [0.15, 0.2) is 0 Å². The van der Waals surface area contributed by atoms with E-state index < -0.39 is 0 Å². The molecule has 0 unspecified atom stereocenters. The largest absolute Gasteiger partial charge is 0.0651 e. The van der Waals surface area contributed by atoms with E-state index in [1.165, 1.54) is 55.2 Å². The summed E-state index contributed by atoms with van der Waals surface area (Å²) in [5.74, 6) is 0. The molecular formula is C19H24. The molecule has 0 fully saturated rings. The molecule has 0 amide bonds. The maximum Gasteiger partial charge on any atom is -0.0279 e. The normalized spacial score (nSPS) is 10.6. The fourth-order valence-electron chi connectivity index (χ4n) is 2.53. The first-order valence-corrected chi connectivity index (χ1v) is 7.50. The summed E-state index contributed by atoms with van der Waals surface area (Å²) < 4.78 is 0. The van der Waals surface area contributed by atoms with E-state index in [0.29, 0.717) is 0 Å². The lowest BCUT2D eigenvalue weighted by Crippen LogP contribution is -1.91. The van der Waals surface area contributed by atoms with Crippen LogP contribution in [0.25, 0.3) is 0 Å². The SMILES string of the molecule is CCCc1cccc(CCCCc2ccccc2)c1. The van der Waals surface area contributed by atoms with Gasteiger partial charge in [-0.3, -0.25) is 0 Å². The molecular weight excluding hydrogens is 228 g/mol. The number of hydrogen-bond acceptors (Lipinski definition) is 0. The number of benzene rings is 2. The van der Waals surface area contributed by atoms with E-state index >= 15 is 0 Å². The van der Waals surface area contributed by atoms with Crippen molar-refractivity contribution >= 4 is 0 Å². The lowest BCUT2D eigenvalue weighted by atomic mass is 10.0. The molecule has 0 atom stereocenters. The molecule has 2 aromatic carbocycles. The van der Waals surface area contributed by atoms with E-state index in [9.17, 15) is 0 Å². The van der Waals surface area contributed by atoms with Gasteiger partial charge in [0.2, 0.25) is 0 Å². The van der Waals surface area contributed by atoms with Crippen molar-refractivity contribution < 1.29 is 0 Å². The maximum absolute atomic E-state index is 2.38. The van der Waals surface area contributed by atoms with Crippen molar-refractivity contribution in [2.75, 3.05) is 0 Å². The Kier molecular flexibility index (Phi) is 5.68. The van der Waals surface area contributed by atoms with E-state index in [0.717, 1.165) is 0 Å². The highest BCUT2D eigenvalue weighted by Crippen LogP contribution is 2.12. The summed E-state index contributed by atoms with van der Waals surface area (Å²) in [5, 5.41) is 0. The molecule has 0 spiro atoms. The van der Waals surface area contributed by atoms with Gasteiger partial charge in [-0.05, 0) is 48.8 Å². The molecule has 0 radical (unpaired) electrons. The fourth-order valence-corrected chi connectivity index (χ4v) is 2.53. The minimum atomic E-state index is 1.20. The maximum atomic E-state index is 2.38. The van der Waals surface area contributed by atoms with Crippen LogP contribution in [0.5, 0.6) is 0 Å². The second-order valence-corrected chi connectivity index (χ2v) is 5.26. The van der Waals surface area contributed by atoms with Gasteiger partial charge in [0, 0.05) is 0 Å². The van der Waals surface area contributed by atoms with Crippen LogP contribution in [-0.2, 0) is 19.3 Å². The van der Waals surface area contributed by atoms with Crippen molar-refractivity contribution in [1.82, 2.24) is 0 Å². The van der Waals surface area contributed by atoms with Gasteiger partial charge in [-0.2, -0.15) is 0 Å². The first-order valence-electron chi connectivity index (χ1n) is 7.50. The number of rotatable bonds is 7. The summed E-state index contributed by atoms with van der Waals surface area (Å²) in [6.07, 6.45) is 7.42. The van der Waals surface area contributed by atoms with E-state index in [1.807, 2.05) is 0 Å². The smallest absolute Gasteiger partial charge is 0.0279 e. The van der Waals surface area contributed by atoms with Gasteiger partial charge in [-0.25, -0.2) is 0 Å². The highest BCUT2D eigenvalue weighted by Gasteiger charge is 1.97. The van der Waals surface area contributed by atoms with Crippen molar-refractivity contribution in [3.8, 4) is 0 Å².